The number of carbonyl (C=O) groups excluding carboxylic acids is 1. The van der Waals surface area contributed by atoms with Gasteiger partial charge in [-0.2, -0.15) is 5.10 Å². The van der Waals surface area contributed by atoms with Crippen LogP contribution < -0.4 is 10.5 Å². The molecule has 0 unspecified atom stereocenters. The Kier molecular flexibility index (Phi) is 4.62. The van der Waals surface area contributed by atoms with E-state index in [1.165, 1.54) is 4.68 Å². The lowest BCUT2D eigenvalue weighted by Gasteiger charge is -2.35. The molecule has 3 heterocycles. The van der Waals surface area contributed by atoms with Gasteiger partial charge in [-0.3, -0.25) is 9.59 Å². The van der Waals surface area contributed by atoms with Crippen LogP contribution in [0.1, 0.15) is 36.0 Å². The van der Waals surface area contributed by atoms with E-state index in [1.54, 1.807) is 31.4 Å². The van der Waals surface area contributed by atoms with Gasteiger partial charge < -0.3 is 14.2 Å². The molecule has 1 aliphatic heterocycles. The van der Waals surface area contributed by atoms with E-state index in [9.17, 15) is 9.59 Å². The lowest BCUT2D eigenvalue weighted by molar-refractivity contribution is 0.0747. The number of amides is 1. The van der Waals surface area contributed by atoms with Gasteiger partial charge in [-0.15, -0.1) is 0 Å². The van der Waals surface area contributed by atoms with Crippen LogP contribution in [0.25, 0.3) is 11.1 Å². The Bertz CT molecular complexity index is 1080. The van der Waals surface area contributed by atoms with E-state index in [2.05, 4.69) is 15.0 Å². The number of piperazine rings is 1. The first-order valence-corrected chi connectivity index (χ1v) is 9.40. The van der Waals surface area contributed by atoms with Gasteiger partial charge in [0.15, 0.2) is 11.5 Å². The molecule has 1 aliphatic rings. The van der Waals surface area contributed by atoms with Gasteiger partial charge in [0.25, 0.3) is 11.5 Å². The first kappa shape index (κ1) is 18.2. The van der Waals surface area contributed by atoms with Crippen molar-refractivity contribution in [3.63, 3.8) is 0 Å². The Morgan fingerprint density at radius 1 is 1.14 bits per heavy atom. The molecule has 1 aromatic carbocycles. The maximum atomic E-state index is 12.9. The molecule has 1 amide bonds. The van der Waals surface area contributed by atoms with Crippen molar-refractivity contribution in [2.24, 2.45) is 7.05 Å². The molecule has 1 fully saturated rings. The monoisotopic (exact) mass is 381 g/mol. The summed E-state index contributed by atoms with van der Waals surface area (Å²) in [6.45, 7) is 6.53. The lowest BCUT2D eigenvalue weighted by atomic mass is 10.1. The molecule has 8 nitrogen and oxygen atoms in total. The highest BCUT2D eigenvalue weighted by Crippen LogP contribution is 2.23. The second-order valence-corrected chi connectivity index (χ2v) is 7.34. The summed E-state index contributed by atoms with van der Waals surface area (Å²) in [5.74, 6) is 0.859. The predicted molar refractivity (Wildman–Crippen MR) is 106 cm³/mol. The summed E-state index contributed by atoms with van der Waals surface area (Å²) in [6.07, 6.45) is 1.68. The molecule has 8 heteroatoms. The third kappa shape index (κ3) is 3.37. The summed E-state index contributed by atoms with van der Waals surface area (Å²) in [5.41, 5.74) is 2.67. The number of hydrogen-bond acceptors (Lipinski definition) is 6. The molecule has 28 heavy (non-hydrogen) atoms. The number of aromatic nitrogens is 3. The van der Waals surface area contributed by atoms with Crippen LogP contribution in [0.15, 0.2) is 39.7 Å². The summed E-state index contributed by atoms with van der Waals surface area (Å²) in [7, 11) is 1.62. The molecule has 4 rings (SSSR count). The van der Waals surface area contributed by atoms with Gasteiger partial charge in [0, 0.05) is 50.8 Å². The smallest absolute Gasteiger partial charge is 0.268 e. The van der Waals surface area contributed by atoms with Crippen LogP contribution in [-0.4, -0.2) is 51.8 Å². The molecule has 0 spiro atoms. The van der Waals surface area contributed by atoms with E-state index in [4.69, 9.17) is 4.42 Å². The number of nitrogens with zero attached hydrogens (tertiary/aromatic N) is 5. The standard InChI is InChI=1S/C20H23N5O3/c1-13(2)19-22-16-10-14(4-5-17(16)28-19)20(27)25-8-6-24(7-9-25)15-11-18(26)23(3)21-12-15/h4-5,10-13H,6-9H2,1-3H3. The Morgan fingerprint density at radius 2 is 1.89 bits per heavy atom. The van der Waals surface area contributed by atoms with Crippen LogP contribution in [0, 0.1) is 0 Å². The molecular formula is C20H23N5O3. The molecule has 0 radical (unpaired) electrons. The van der Waals surface area contributed by atoms with Crippen LogP contribution in [0.4, 0.5) is 5.69 Å². The average Bonchev–Trinajstić information content (AvgIpc) is 3.13. The maximum absolute atomic E-state index is 12.9. The average molecular weight is 381 g/mol. The van der Waals surface area contributed by atoms with Gasteiger partial charge in [0.1, 0.15) is 5.52 Å². The quantitative estimate of drug-likeness (QED) is 0.690. The predicted octanol–water partition coefficient (Wildman–Crippen LogP) is 2.01. The zero-order valence-electron chi connectivity index (χ0n) is 16.3. The van der Waals surface area contributed by atoms with Crippen molar-refractivity contribution >= 4 is 22.7 Å². The third-order valence-corrected chi connectivity index (χ3v) is 5.03. The second kappa shape index (κ2) is 7.10. The van der Waals surface area contributed by atoms with Gasteiger partial charge in [0.05, 0.1) is 11.9 Å². The number of carbonyl (C=O) groups is 1. The molecular weight excluding hydrogens is 358 g/mol. The highest BCUT2D eigenvalue weighted by molar-refractivity contribution is 5.97. The van der Waals surface area contributed by atoms with Crippen molar-refractivity contribution in [1.29, 1.82) is 0 Å². The van der Waals surface area contributed by atoms with Crippen LogP contribution in [0.5, 0.6) is 0 Å². The zero-order valence-corrected chi connectivity index (χ0v) is 16.3. The normalized spacial score (nSPS) is 14.9. The van der Waals surface area contributed by atoms with Crippen molar-refractivity contribution < 1.29 is 9.21 Å². The van der Waals surface area contributed by atoms with Gasteiger partial charge >= 0.3 is 0 Å². The highest BCUT2D eigenvalue weighted by atomic mass is 16.3. The molecule has 3 aromatic rings. The fourth-order valence-corrected chi connectivity index (χ4v) is 3.31. The minimum absolute atomic E-state index is 0.0160. The number of aryl methyl sites for hydroxylation is 1. The van der Waals surface area contributed by atoms with Gasteiger partial charge in [-0.25, -0.2) is 9.67 Å². The summed E-state index contributed by atoms with van der Waals surface area (Å²) in [4.78, 5) is 33.1. The SMILES string of the molecule is CC(C)c1nc2cc(C(=O)N3CCN(c4cnn(C)c(=O)c4)CC3)ccc2o1. The molecule has 2 aromatic heterocycles. The van der Waals surface area contributed by atoms with E-state index in [0.29, 0.717) is 48.7 Å². The number of rotatable bonds is 3. The van der Waals surface area contributed by atoms with E-state index in [-0.39, 0.29) is 17.4 Å². The minimum Gasteiger partial charge on any atom is -0.440 e. The van der Waals surface area contributed by atoms with Gasteiger partial charge in [0.2, 0.25) is 0 Å². The number of fused-ring (bicyclic) bond motifs is 1. The summed E-state index contributed by atoms with van der Waals surface area (Å²) >= 11 is 0. The fourth-order valence-electron chi connectivity index (χ4n) is 3.31. The van der Waals surface area contributed by atoms with E-state index >= 15 is 0 Å². The summed E-state index contributed by atoms with van der Waals surface area (Å²) in [6, 6.07) is 6.97. The molecule has 146 valence electrons. The van der Waals surface area contributed by atoms with E-state index in [0.717, 1.165) is 5.69 Å². The van der Waals surface area contributed by atoms with Crippen molar-refractivity contribution in [2.45, 2.75) is 19.8 Å². The molecule has 0 N–H and O–H groups in total. The number of benzene rings is 1. The van der Waals surface area contributed by atoms with Gasteiger partial charge in [-0.1, -0.05) is 13.8 Å². The van der Waals surface area contributed by atoms with Crippen LogP contribution in [0.3, 0.4) is 0 Å². The maximum Gasteiger partial charge on any atom is 0.268 e. The van der Waals surface area contributed by atoms with E-state index < -0.39 is 0 Å². The lowest BCUT2D eigenvalue weighted by Crippen LogP contribution is -2.49. The molecule has 0 atom stereocenters. The third-order valence-electron chi connectivity index (χ3n) is 5.03. The molecule has 0 bridgehead atoms. The minimum atomic E-state index is -0.141. The van der Waals surface area contributed by atoms with Gasteiger partial charge in [-0.05, 0) is 18.2 Å². The largest absolute Gasteiger partial charge is 0.440 e. The van der Waals surface area contributed by atoms with Crippen molar-refractivity contribution in [3.05, 3.63) is 52.3 Å². The number of anilines is 1. The Hall–Kier alpha value is -3.16. The topological polar surface area (TPSA) is 84.5 Å². The Balaban J connectivity index is 1.47. The number of hydrogen-bond donors (Lipinski definition) is 0. The van der Waals surface area contributed by atoms with Crippen molar-refractivity contribution in [3.8, 4) is 0 Å². The van der Waals surface area contributed by atoms with Crippen LogP contribution in [0.2, 0.25) is 0 Å². The Labute approximate surface area is 162 Å². The number of oxazole rings is 1. The first-order chi connectivity index (χ1) is 13.4. The second-order valence-electron chi connectivity index (χ2n) is 7.34. The fraction of sp³-hybridized carbons (Fsp3) is 0.400. The molecule has 1 saturated heterocycles. The summed E-state index contributed by atoms with van der Waals surface area (Å²) in [5, 5.41) is 4.06. The molecule has 0 aliphatic carbocycles. The van der Waals surface area contributed by atoms with Crippen LogP contribution >= 0.6 is 0 Å². The highest BCUT2D eigenvalue weighted by Gasteiger charge is 2.23. The molecule has 0 saturated carbocycles. The van der Waals surface area contributed by atoms with Crippen LogP contribution in [-0.2, 0) is 7.05 Å². The summed E-state index contributed by atoms with van der Waals surface area (Å²) < 4.78 is 7.01. The first-order valence-electron chi connectivity index (χ1n) is 9.40. The zero-order chi connectivity index (χ0) is 19.8. The van der Waals surface area contributed by atoms with Crippen molar-refractivity contribution in [2.75, 3.05) is 31.1 Å². The Morgan fingerprint density at radius 3 is 2.57 bits per heavy atom. The van der Waals surface area contributed by atoms with E-state index in [1.807, 2.05) is 24.8 Å². The van der Waals surface area contributed by atoms with Crippen molar-refractivity contribution in [1.82, 2.24) is 19.7 Å².